The predicted molar refractivity (Wildman–Crippen MR) is 45.6 cm³/mol. The smallest absolute Gasteiger partial charge is 0.213 e. The molecule has 0 bridgehead atoms. The Labute approximate surface area is 74.6 Å². The molecular weight excluding hydrogens is 169 g/mol. The van der Waals surface area contributed by atoms with Gasteiger partial charge in [0.25, 0.3) is 0 Å². The number of nitrogens with one attached hydrogen (secondary N) is 1. The van der Waals surface area contributed by atoms with Gasteiger partial charge in [0.05, 0.1) is 6.20 Å². The van der Waals surface area contributed by atoms with Crippen LogP contribution in [0.4, 0.5) is 4.39 Å². The molecule has 3 nitrogen and oxygen atoms in total. The Bertz CT molecular complexity index is 384. The Morgan fingerprint density at radius 1 is 1.38 bits per heavy atom. The average molecular weight is 177 g/mol. The molecule has 0 saturated carbocycles. The summed E-state index contributed by atoms with van der Waals surface area (Å²) in [6.07, 6.45) is 4.08. The van der Waals surface area contributed by atoms with Crippen molar-refractivity contribution in [2.24, 2.45) is 0 Å². The zero-order chi connectivity index (χ0) is 9.10. The van der Waals surface area contributed by atoms with E-state index in [1.54, 1.807) is 24.5 Å². The van der Waals surface area contributed by atoms with E-state index < -0.39 is 5.95 Å². The number of aromatic nitrogens is 3. The van der Waals surface area contributed by atoms with Gasteiger partial charge in [0, 0.05) is 18.3 Å². The third kappa shape index (κ3) is 1.90. The molecule has 0 saturated heterocycles. The molecule has 2 rings (SSSR count). The van der Waals surface area contributed by atoms with Crippen LogP contribution in [0.15, 0.2) is 30.6 Å². The molecule has 66 valence electrons. The fraction of sp³-hybridized carbons (Fsp3) is 0.111. The first-order valence-electron chi connectivity index (χ1n) is 3.94. The van der Waals surface area contributed by atoms with E-state index in [1.165, 1.54) is 6.07 Å². The van der Waals surface area contributed by atoms with Gasteiger partial charge >= 0.3 is 0 Å². The maximum Gasteiger partial charge on any atom is 0.213 e. The number of rotatable bonds is 2. The van der Waals surface area contributed by atoms with Crippen LogP contribution >= 0.6 is 0 Å². The van der Waals surface area contributed by atoms with Gasteiger partial charge in [-0.05, 0) is 17.7 Å². The molecule has 0 aliphatic carbocycles. The molecule has 0 atom stereocenters. The van der Waals surface area contributed by atoms with Gasteiger partial charge in [-0.25, -0.2) is 4.98 Å². The van der Waals surface area contributed by atoms with Crippen LogP contribution in [0.2, 0.25) is 0 Å². The zero-order valence-corrected chi connectivity index (χ0v) is 6.87. The molecule has 0 aliphatic rings. The predicted octanol–water partition coefficient (Wildman–Crippen LogP) is 1.53. The highest BCUT2D eigenvalue weighted by atomic mass is 19.1. The lowest BCUT2D eigenvalue weighted by molar-refractivity contribution is 0.578. The summed E-state index contributed by atoms with van der Waals surface area (Å²) in [4.78, 5) is 3.74. The lowest BCUT2D eigenvalue weighted by atomic mass is 10.2. The van der Waals surface area contributed by atoms with E-state index in [0.29, 0.717) is 12.1 Å². The van der Waals surface area contributed by atoms with Crippen LogP contribution in [0.5, 0.6) is 0 Å². The van der Waals surface area contributed by atoms with E-state index in [0.717, 1.165) is 5.56 Å². The van der Waals surface area contributed by atoms with Crippen LogP contribution in [0.1, 0.15) is 11.3 Å². The summed E-state index contributed by atoms with van der Waals surface area (Å²) >= 11 is 0. The topological polar surface area (TPSA) is 41.6 Å². The van der Waals surface area contributed by atoms with Crippen molar-refractivity contribution in [1.29, 1.82) is 0 Å². The van der Waals surface area contributed by atoms with Gasteiger partial charge in [-0.15, -0.1) is 0 Å². The van der Waals surface area contributed by atoms with Crippen LogP contribution in [0.25, 0.3) is 0 Å². The highest BCUT2D eigenvalue weighted by Gasteiger charge is 1.99. The average Bonchev–Trinajstić information content (AvgIpc) is 2.57. The van der Waals surface area contributed by atoms with Gasteiger partial charge < -0.3 is 0 Å². The second-order valence-corrected chi connectivity index (χ2v) is 2.73. The Morgan fingerprint density at radius 2 is 2.31 bits per heavy atom. The van der Waals surface area contributed by atoms with Crippen molar-refractivity contribution in [1.82, 2.24) is 15.2 Å². The van der Waals surface area contributed by atoms with Crippen LogP contribution in [0, 0.1) is 5.95 Å². The van der Waals surface area contributed by atoms with Gasteiger partial charge in [0.15, 0.2) is 0 Å². The minimum Gasteiger partial charge on any atom is -0.285 e. The Balaban J connectivity index is 2.19. The van der Waals surface area contributed by atoms with Gasteiger partial charge in [-0.3, -0.25) is 5.10 Å². The fourth-order valence-corrected chi connectivity index (χ4v) is 1.13. The van der Waals surface area contributed by atoms with E-state index in [2.05, 4.69) is 15.2 Å². The molecule has 2 aromatic rings. The number of aromatic amines is 1. The molecule has 0 amide bonds. The standard InChI is InChI=1S/C9H8FN3/c10-9-3-1-2-8(13-9)4-7-5-11-12-6-7/h1-3,5-6H,4H2,(H,11,12). The number of nitrogens with zero attached hydrogens (tertiary/aromatic N) is 2. The van der Waals surface area contributed by atoms with Crippen molar-refractivity contribution in [3.8, 4) is 0 Å². The lowest BCUT2D eigenvalue weighted by Crippen LogP contribution is -1.92. The minimum atomic E-state index is -0.444. The summed E-state index contributed by atoms with van der Waals surface area (Å²) in [5.41, 5.74) is 1.71. The van der Waals surface area contributed by atoms with E-state index in [4.69, 9.17) is 0 Å². The normalized spacial score (nSPS) is 10.2. The molecule has 0 radical (unpaired) electrons. The summed E-state index contributed by atoms with van der Waals surface area (Å²) in [6, 6.07) is 4.77. The van der Waals surface area contributed by atoms with Gasteiger partial charge in [-0.2, -0.15) is 9.49 Å². The number of hydrogen-bond donors (Lipinski definition) is 1. The summed E-state index contributed by atoms with van der Waals surface area (Å²) in [6.45, 7) is 0. The highest BCUT2D eigenvalue weighted by Crippen LogP contribution is 2.05. The van der Waals surface area contributed by atoms with Crippen molar-refractivity contribution in [2.45, 2.75) is 6.42 Å². The molecule has 4 heteroatoms. The van der Waals surface area contributed by atoms with Crippen molar-refractivity contribution >= 4 is 0 Å². The molecule has 0 spiro atoms. The number of hydrogen-bond acceptors (Lipinski definition) is 2. The number of pyridine rings is 1. The SMILES string of the molecule is Fc1cccc(Cc2cn[nH]c2)n1. The quantitative estimate of drug-likeness (QED) is 0.707. The first kappa shape index (κ1) is 7.91. The molecule has 0 aromatic carbocycles. The molecular formula is C9H8FN3. The maximum atomic E-state index is 12.7. The fourth-order valence-electron chi connectivity index (χ4n) is 1.13. The Kier molecular flexibility index (Phi) is 2.04. The molecule has 1 N–H and O–H groups in total. The van der Waals surface area contributed by atoms with E-state index in [-0.39, 0.29) is 0 Å². The molecule has 2 heterocycles. The molecule has 0 fully saturated rings. The van der Waals surface area contributed by atoms with E-state index >= 15 is 0 Å². The largest absolute Gasteiger partial charge is 0.285 e. The van der Waals surface area contributed by atoms with Crippen LogP contribution < -0.4 is 0 Å². The second kappa shape index (κ2) is 3.35. The van der Waals surface area contributed by atoms with Gasteiger partial charge in [0.1, 0.15) is 0 Å². The zero-order valence-electron chi connectivity index (χ0n) is 6.87. The molecule has 0 aliphatic heterocycles. The van der Waals surface area contributed by atoms with Crippen molar-refractivity contribution in [3.05, 3.63) is 47.8 Å². The summed E-state index contributed by atoms with van der Waals surface area (Å²) in [5.74, 6) is -0.444. The highest BCUT2D eigenvalue weighted by molar-refractivity contribution is 5.15. The Morgan fingerprint density at radius 3 is 3.00 bits per heavy atom. The third-order valence-corrected chi connectivity index (χ3v) is 1.71. The monoisotopic (exact) mass is 177 g/mol. The maximum absolute atomic E-state index is 12.7. The number of halogens is 1. The summed E-state index contributed by atoms with van der Waals surface area (Å²) < 4.78 is 12.7. The summed E-state index contributed by atoms with van der Waals surface area (Å²) in [7, 11) is 0. The molecule has 0 unspecified atom stereocenters. The van der Waals surface area contributed by atoms with Crippen LogP contribution in [-0.2, 0) is 6.42 Å². The van der Waals surface area contributed by atoms with E-state index in [9.17, 15) is 4.39 Å². The third-order valence-electron chi connectivity index (χ3n) is 1.71. The van der Waals surface area contributed by atoms with Crippen LogP contribution in [-0.4, -0.2) is 15.2 Å². The Hall–Kier alpha value is -1.71. The second-order valence-electron chi connectivity index (χ2n) is 2.73. The van der Waals surface area contributed by atoms with Crippen molar-refractivity contribution in [2.75, 3.05) is 0 Å². The van der Waals surface area contributed by atoms with Crippen LogP contribution in [0.3, 0.4) is 0 Å². The minimum absolute atomic E-state index is 0.444. The van der Waals surface area contributed by atoms with Gasteiger partial charge in [-0.1, -0.05) is 6.07 Å². The van der Waals surface area contributed by atoms with Gasteiger partial charge in [0.2, 0.25) is 5.95 Å². The summed E-state index contributed by atoms with van der Waals surface area (Å²) in [5, 5.41) is 6.49. The number of H-pyrrole nitrogens is 1. The molecule has 13 heavy (non-hydrogen) atoms. The van der Waals surface area contributed by atoms with Crippen molar-refractivity contribution < 1.29 is 4.39 Å². The first-order chi connectivity index (χ1) is 6.34. The lowest BCUT2D eigenvalue weighted by Gasteiger charge is -1.96. The first-order valence-corrected chi connectivity index (χ1v) is 3.94. The molecule has 2 aromatic heterocycles. The van der Waals surface area contributed by atoms with E-state index in [1.807, 2.05) is 0 Å². The van der Waals surface area contributed by atoms with Crippen molar-refractivity contribution in [3.63, 3.8) is 0 Å².